The number of rotatable bonds is 5. The zero-order valence-electron chi connectivity index (χ0n) is 11.4. The predicted molar refractivity (Wildman–Crippen MR) is 75.5 cm³/mol. The largest absolute Gasteiger partial charge is 0.310 e. The van der Waals surface area contributed by atoms with Gasteiger partial charge in [-0.2, -0.15) is 0 Å². The highest BCUT2D eigenvalue weighted by atomic mass is 19.1. The summed E-state index contributed by atoms with van der Waals surface area (Å²) in [7, 11) is 0. The van der Waals surface area contributed by atoms with Crippen molar-refractivity contribution in [2.45, 2.75) is 26.3 Å². The van der Waals surface area contributed by atoms with Gasteiger partial charge in [0, 0.05) is 24.4 Å². The number of benzene rings is 1. The van der Waals surface area contributed by atoms with Crippen molar-refractivity contribution in [2.24, 2.45) is 0 Å². The fourth-order valence-electron chi connectivity index (χ4n) is 2.20. The Morgan fingerprint density at radius 2 is 2.11 bits per heavy atom. The van der Waals surface area contributed by atoms with Gasteiger partial charge in [0.05, 0.1) is 0 Å². The highest BCUT2D eigenvalue weighted by Gasteiger charge is 2.13. The number of nitrogens with zero attached hydrogens (tertiary/aromatic N) is 1. The second-order valence-corrected chi connectivity index (χ2v) is 4.64. The molecule has 0 aliphatic rings. The zero-order chi connectivity index (χ0) is 13.7. The topological polar surface area (TPSA) is 24.9 Å². The summed E-state index contributed by atoms with van der Waals surface area (Å²) in [4.78, 5) is 4.41. The van der Waals surface area contributed by atoms with Gasteiger partial charge in [-0.1, -0.05) is 25.1 Å². The van der Waals surface area contributed by atoms with Crippen molar-refractivity contribution in [3.8, 4) is 0 Å². The lowest BCUT2D eigenvalue weighted by Gasteiger charge is -2.19. The molecular weight excluding hydrogens is 239 g/mol. The fraction of sp³-hybridized carbons (Fsp3) is 0.312. The highest BCUT2D eigenvalue weighted by Crippen LogP contribution is 2.19. The quantitative estimate of drug-likeness (QED) is 0.888. The number of nitrogens with one attached hydrogen (secondary N) is 1. The summed E-state index contributed by atoms with van der Waals surface area (Å²) in [5.41, 5.74) is 3.19. The van der Waals surface area contributed by atoms with Crippen molar-refractivity contribution in [2.75, 3.05) is 6.54 Å². The molecule has 19 heavy (non-hydrogen) atoms. The van der Waals surface area contributed by atoms with Gasteiger partial charge in [-0.3, -0.25) is 4.98 Å². The molecule has 0 fully saturated rings. The van der Waals surface area contributed by atoms with Crippen molar-refractivity contribution < 1.29 is 4.39 Å². The van der Waals surface area contributed by atoms with Gasteiger partial charge in [0.1, 0.15) is 5.82 Å². The first-order valence-electron chi connectivity index (χ1n) is 6.60. The van der Waals surface area contributed by atoms with Gasteiger partial charge in [0.25, 0.3) is 0 Å². The molecule has 100 valence electrons. The SMILES string of the molecule is CCNC(Cc1ncccc1C)c1cccc(F)c1. The van der Waals surface area contributed by atoms with E-state index in [-0.39, 0.29) is 11.9 Å². The molecule has 1 atom stereocenters. The minimum absolute atomic E-state index is 0.0919. The van der Waals surface area contributed by atoms with Gasteiger partial charge in [-0.15, -0.1) is 0 Å². The number of aromatic nitrogens is 1. The van der Waals surface area contributed by atoms with Crippen molar-refractivity contribution in [1.82, 2.24) is 10.3 Å². The monoisotopic (exact) mass is 258 g/mol. The maximum Gasteiger partial charge on any atom is 0.123 e. The van der Waals surface area contributed by atoms with Gasteiger partial charge in [-0.25, -0.2) is 4.39 Å². The molecule has 1 unspecified atom stereocenters. The first-order chi connectivity index (χ1) is 9.20. The summed E-state index contributed by atoms with van der Waals surface area (Å²) in [6, 6.07) is 10.8. The molecule has 0 aliphatic carbocycles. The summed E-state index contributed by atoms with van der Waals surface area (Å²) < 4.78 is 13.3. The first kappa shape index (κ1) is 13.7. The lowest BCUT2D eigenvalue weighted by atomic mass is 9.99. The second kappa shape index (κ2) is 6.43. The van der Waals surface area contributed by atoms with Crippen LogP contribution in [-0.4, -0.2) is 11.5 Å². The van der Waals surface area contributed by atoms with Crippen LogP contribution in [-0.2, 0) is 6.42 Å². The number of aryl methyl sites for hydroxylation is 1. The van der Waals surface area contributed by atoms with Crippen LogP contribution >= 0.6 is 0 Å². The van der Waals surface area contributed by atoms with Gasteiger partial charge in [-0.05, 0) is 42.8 Å². The van der Waals surface area contributed by atoms with Crippen molar-refractivity contribution in [3.05, 3.63) is 65.2 Å². The Bertz CT molecular complexity index is 540. The maximum absolute atomic E-state index is 13.3. The Morgan fingerprint density at radius 1 is 1.26 bits per heavy atom. The van der Waals surface area contributed by atoms with E-state index in [0.29, 0.717) is 0 Å². The van der Waals surface area contributed by atoms with Crippen LogP contribution < -0.4 is 5.32 Å². The third-order valence-corrected chi connectivity index (χ3v) is 3.22. The average molecular weight is 258 g/mol. The van der Waals surface area contributed by atoms with E-state index in [0.717, 1.165) is 24.2 Å². The van der Waals surface area contributed by atoms with Crippen LogP contribution in [0, 0.1) is 12.7 Å². The van der Waals surface area contributed by atoms with E-state index in [9.17, 15) is 4.39 Å². The van der Waals surface area contributed by atoms with E-state index in [4.69, 9.17) is 0 Å². The van der Waals surface area contributed by atoms with Crippen molar-refractivity contribution >= 4 is 0 Å². The number of pyridine rings is 1. The normalized spacial score (nSPS) is 12.4. The molecule has 2 nitrogen and oxygen atoms in total. The van der Waals surface area contributed by atoms with E-state index in [1.54, 1.807) is 18.3 Å². The summed E-state index contributed by atoms with van der Waals surface area (Å²) in [6.07, 6.45) is 2.57. The third kappa shape index (κ3) is 3.61. The van der Waals surface area contributed by atoms with E-state index < -0.39 is 0 Å². The molecular formula is C16H19FN2. The smallest absolute Gasteiger partial charge is 0.123 e. The molecule has 0 aliphatic heterocycles. The number of likely N-dealkylation sites (N-methyl/N-ethyl adjacent to an activating group) is 1. The Hall–Kier alpha value is -1.74. The molecule has 0 radical (unpaired) electrons. The molecule has 2 aromatic rings. The second-order valence-electron chi connectivity index (χ2n) is 4.64. The maximum atomic E-state index is 13.3. The minimum Gasteiger partial charge on any atom is -0.310 e. The molecule has 0 saturated carbocycles. The molecule has 0 amide bonds. The lowest BCUT2D eigenvalue weighted by Crippen LogP contribution is -2.23. The Morgan fingerprint density at radius 3 is 2.79 bits per heavy atom. The zero-order valence-corrected chi connectivity index (χ0v) is 11.4. The van der Waals surface area contributed by atoms with Gasteiger partial charge in [0.2, 0.25) is 0 Å². The summed E-state index contributed by atoms with van der Waals surface area (Å²) in [5, 5.41) is 3.40. The van der Waals surface area contributed by atoms with E-state index in [2.05, 4.69) is 30.2 Å². The summed E-state index contributed by atoms with van der Waals surface area (Å²) in [6.45, 7) is 4.95. The average Bonchev–Trinajstić information content (AvgIpc) is 2.40. The van der Waals surface area contributed by atoms with Crippen LogP contribution in [0.2, 0.25) is 0 Å². The molecule has 1 N–H and O–H groups in total. The van der Waals surface area contributed by atoms with E-state index in [1.807, 2.05) is 12.1 Å². The molecule has 1 heterocycles. The standard InChI is InChI=1S/C16H19FN2/c1-3-18-16(13-7-4-8-14(17)10-13)11-15-12(2)6-5-9-19-15/h4-10,16,18H,3,11H2,1-2H3. The molecule has 0 bridgehead atoms. The van der Waals surface area contributed by atoms with Gasteiger partial charge >= 0.3 is 0 Å². The van der Waals surface area contributed by atoms with Crippen LogP contribution in [0.15, 0.2) is 42.6 Å². The van der Waals surface area contributed by atoms with Gasteiger partial charge < -0.3 is 5.32 Å². The molecule has 1 aromatic carbocycles. The fourth-order valence-corrected chi connectivity index (χ4v) is 2.20. The molecule has 1 aromatic heterocycles. The van der Waals surface area contributed by atoms with E-state index in [1.165, 1.54) is 11.6 Å². The van der Waals surface area contributed by atoms with Crippen LogP contribution in [0.25, 0.3) is 0 Å². The van der Waals surface area contributed by atoms with E-state index >= 15 is 0 Å². The number of hydrogen-bond donors (Lipinski definition) is 1. The van der Waals surface area contributed by atoms with Crippen LogP contribution in [0.4, 0.5) is 4.39 Å². The molecule has 0 spiro atoms. The molecule has 2 rings (SSSR count). The molecule has 3 heteroatoms. The highest BCUT2D eigenvalue weighted by molar-refractivity contribution is 5.25. The number of halogens is 1. The Balaban J connectivity index is 2.24. The Labute approximate surface area is 113 Å². The first-order valence-corrected chi connectivity index (χ1v) is 6.60. The summed E-state index contributed by atoms with van der Waals surface area (Å²) in [5.74, 6) is -0.196. The Kier molecular flexibility index (Phi) is 4.63. The molecule has 0 saturated heterocycles. The van der Waals surface area contributed by atoms with Crippen LogP contribution in [0.1, 0.15) is 29.8 Å². The third-order valence-electron chi connectivity index (χ3n) is 3.22. The van der Waals surface area contributed by atoms with Gasteiger partial charge in [0.15, 0.2) is 0 Å². The van der Waals surface area contributed by atoms with Crippen molar-refractivity contribution in [1.29, 1.82) is 0 Å². The van der Waals surface area contributed by atoms with Crippen molar-refractivity contribution in [3.63, 3.8) is 0 Å². The minimum atomic E-state index is -0.196. The predicted octanol–water partition coefficient (Wildman–Crippen LogP) is 3.42. The lowest BCUT2D eigenvalue weighted by molar-refractivity contribution is 0.536. The summed E-state index contributed by atoms with van der Waals surface area (Å²) >= 11 is 0. The van der Waals surface area contributed by atoms with Crippen LogP contribution in [0.3, 0.4) is 0 Å². The number of hydrogen-bond acceptors (Lipinski definition) is 2. The van der Waals surface area contributed by atoms with Crippen LogP contribution in [0.5, 0.6) is 0 Å².